The van der Waals surface area contributed by atoms with Crippen molar-refractivity contribution in [1.82, 2.24) is 0 Å². The SMILES string of the molecule is C=Cc1ccc(COC)c(COC)c1COC. The van der Waals surface area contributed by atoms with Gasteiger partial charge in [-0.25, -0.2) is 0 Å². The Labute approximate surface area is 103 Å². The molecule has 0 aliphatic carbocycles. The number of hydrogen-bond acceptors (Lipinski definition) is 3. The van der Waals surface area contributed by atoms with Crippen molar-refractivity contribution in [3.8, 4) is 0 Å². The van der Waals surface area contributed by atoms with Gasteiger partial charge >= 0.3 is 0 Å². The molecule has 3 heteroatoms. The van der Waals surface area contributed by atoms with Gasteiger partial charge in [0.1, 0.15) is 0 Å². The fourth-order valence-corrected chi connectivity index (χ4v) is 1.88. The van der Waals surface area contributed by atoms with Crippen LogP contribution in [-0.4, -0.2) is 21.3 Å². The van der Waals surface area contributed by atoms with Crippen LogP contribution in [0.4, 0.5) is 0 Å². The second-order valence-electron chi connectivity index (χ2n) is 3.77. The van der Waals surface area contributed by atoms with Gasteiger partial charge in [0.15, 0.2) is 0 Å². The Hall–Kier alpha value is -1.16. The zero-order valence-electron chi connectivity index (χ0n) is 10.8. The third kappa shape index (κ3) is 3.40. The molecule has 0 unspecified atom stereocenters. The van der Waals surface area contributed by atoms with Gasteiger partial charge in [0.25, 0.3) is 0 Å². The molecule has 0 saturated heterocycles. The molecule has 1 rings (SSSR count). The summed E-state index contributed by atoms with van der Waals surface area (Å²) in [5, 5.41) is 0. The molecule has 0 bridgehead atoms. The fraction of sp³-hybridized carbons (Fsp3) is 0.429. The van der Waals surface area contributed by atoms with Crippen molar-refractivity contribution in [3.63, 3.8) is 0 Å². The molecule has 94 valence electrons. The lowest BCUT2D eigenvalue weighted by molar-refractivity contribution is 0.159. The van der Waals surface area contributed by atoms with E-state index in [-0.39, 0.29) is 0 Å². The van der Waals surface area contributed by atoms with Crippen LogP contribution in [0.15, 0.2) is 18.7 Å². The highest BCUT2D eigenvalue weighted by atomic mass is 16.5. The Balaban J connectivity index is 3.24. The molecule has 0 aromatic heterocycles. The quantitative estimate of drug-likeness (QED) is 0.728. The molecular weight excluding hydrogens is 216 g/mol. The second kappa shape index (κ2) is 7.22. The van der Waals surface area contributed by atoms with E-state index in [1.54, 1.807) is 21.3 Å². The van der Waals surface area contributed by atoms with Crippen molar-refractivity contribution in [2.24, 2.45) is 0 Å². The molecular formula is C14H20O3. The van der Waals surface area contributed by atoms with Gasteiger partial charge in [-0.05, 0) is 22.3 Å². The minimum Gasteiger partial charge on any atom is -0.380 e. The number of ether oxygens (including phenoxy) is 3. The van der Waals surface area contributed by atoms with E-state index in [0.29, 0.717) is 19.8 Å². The van der Waals surface area contributed by atoms with Crippen LogP contribution in [0.5, 0.6) is 0 Å². The summed E-state index contributed by atoms with van der Waals surface area (Å²) in [5.74, 6) is 0. The predicted molar refractivity (Wildman–Crippen MR) is 68.7 cm³/mol. The first-order valence-corrected chi connectivity index (χ1v) is 5.51. The molecule has 0 aliphatic rings. The van der Waals surface area contributed by atoms with Gasteiger partial charge in [0.2, 0.25) is 0 Å². The van der Waals surface area contributed by atoms with E-state index < -0.39 is 0 Å². The van der Waals surface area contributed by atoms with Crippen LogP contribution in [0.1, 0.15) is 22.3 Å². The number of benzene rings is 1. The molecule has 1 aromatic carbocycles. The van der Waals surface area contributed by atoms with Crippen molar-refractivity contribution >= 4 is 6.08 Å². The van der Waals surface area contributed by atoms with Gasteiger partial charge in [0, 0.05) is 21.3 Å². The van der Waals surface area contributed by atoms with Gasteiger partial charge in [-0.2, -0.15) is 0 Å². The standard InChI is InChI=1S/C14H20O3/c1-5-11-6-7-12(8-15-2)14(10-17-4)13(11)9-16-3/h5-7H,1,8-10H2,2-4H3. The van der Waals surface area contributed by atoms with E-state index in [1.165, 1.54) is 0 Å². The van der Waals surface area contributed by atoms with Crippen LogP contribution in [0.3, 0.4) is 0 Å². The zero-order chi connectivity index (χ0) is 12.7. The van der Waals surface area contributed by atoms with Gasteiger partial charge in [0.05, 0.1) is 19.8 Å². The van der Waals surface area contributed by atoms with E-state index in [0.717, 1.165) is 22.3 Å². The normalized spacial score (nSPS) is 10.5. The number of rotatable bonds is 7. The highest BCUT2D eigenvalue weighted by Crippen LogP contribution is 2.23. The summed E-state index contributed by atoms with van der Waals surface area (Å²) in [4.78, 5) is 0. The summed E-state index contributed by atoms with van der Waals surface area (Å²) in [6, 6.07) is 4.09. The summed E-state index contributed by atoms with van der Waals surface area (Å²) in [6.07, 6.45) is 1.84. The largest absolute Gasteiger partial charge is 0.380 e. The van der Waals surface area contributed by atoms with Gasteiger partial charge in [-0.3, -0.25) is 0 Å². The molecule has 0 aliphatic heterocycles. The van der Waals surface area contributed by atoms with Crippen LogP contribution in [0.25, 0.3) is 6.08 Å². The van der Waals surface area contributed by atoms with Crippen molar-refractivity contribution in [1.29, 1.82) is 0 Å². The Morgan fingerprint density at radius 1 is 0.941 bits per heavy atom. The summed E-state index contributed by atoms with van der Waals surface area (Å²) >= 11 is 0. The monoisotopic (exact) mass is 236 g/mol. The van der Waals surface area contributed by atoms with Crippen LogP contribution < -0.4 is 0 Å². The molecule has 3 nitrogen and oxygen atoms in total. The summed E-state index contributed by atoms with van der Waals surface area (Å²) in [6.45, 7) is 5.51. The van der Waals surface area contributed by atoms with Crippen LogP contribution in [-0.2, 0) is 34.0 Å². The van der Waals surface area contributed by atoms with Crippen molar-refractivity contribution in [2.45, 2.75) is 19.8 Å². The molecule has 0 heterocycles. The molecule has 0 N–H and O–H groups in total. The summed E-state index contributed by atoms with van der Waals surface area (Å²) < 4.78 is 15.7. The van der Waals surface area contributed by atoms with Crippen molar-refractivity contribution in [2.75, 3.05) is 21.3 Å². The first-order valence-electron chi connectivity index (χ1n) is 5.51. The van der Waals surface area contributed by atoms with Gasteiger partial charge in [-0.15, -0.1) is 0 Å². The average Bonchev–Trinajstić information content (AvgIpc) is 2.34. The minimum absolute atomic E-state index is 0.553. The predicted octanol–water partition coefficient (Wildman–Crippen LogP) is 2.77. The maximum absolute atomic E-state index is 5.26. The topological polar surface area (TPSA) is 27.7 Å². The van der Waals surface area contributed by atoms with E-state index in [4.69, 9.17) is 14.2 Å². The highest BCUT2D eigenvalue weighted by molar-refractivity contribution is 5.56. The highest BCUT2D eigenvalue weighted by Gasteiger charge is 2.11. The lowest BCUT2D eigenvalue weighted by atomic mass is 9.97. The van der Waals surface area contributed by atoms with Crippen molar-refractivity contribution in [3.05, 3.63) is 41.0 Å². The molecule has 0 radical (unpaired) electrons. The van der Waals surface area contributed by atoms with Crippen LogP contribution in [0, 0.1) is 0 Å². The van der Waals surface area contributed by atoms with Crippen LogP contribution in [0.2, 0.25) is 0 Å². The molecule has 0 saturated carbocycles. The minimum atomic E-state index is 0.553. The summed E-state index contributed by atoms with van der Waals surface area (Å²) in [7, 11) is 5.06. The third-order valence-electron chi connectivity index (χ3n) is 2.66. The first kappa shape index (κ1) is 13.9. The van der Waals surface area contributed by atoms with Gasteiger partial charge in [-0.1, -0.05) is 24.8 Å². The molecule has 0 amide bonds. The lowest BCUT2D eigenvalue weighted by Crippen LogP contribution is -2.06. The molecule has 17 heavy (non-hydrogen) atoms. The van der Waals surface area contributed by atoms with Gasteiger partial charge < -0.3 is 14.2 Å². The Morgan fingerprint density at radius 2 is 1.53 bits per heavy atom. The van der Waals surface area contributed by atoms with Crippen LogP contribution >= 0.6 is 0 Å². The number of hydrogen-bond donors (Lipinski definition) is 0. The Morgan fingerprint density at radius 3 is 2.06 bits per heavy atom. The Kier molecular flexibility index (Phi) is 5.91. The number of methoxy groups -OCH3 is 3. The van der Waals surface area contributed by atoms with E-state index in [1.807, 2.05) is 18.2 Å². The third-order valence-corrected chi connectivity index (χ3v) is 2.66. The summed E-state index contributed by atoms with van der Waals surface area (Å²) in [5.41, 5.74) is 4.47. The first-order chi connectivity index (χ1) is 8.28. The molecule has 0 fully saturated rings. The molecule has 0 atom stereocenters. The second-order valence-corrected chi connectivity index (χ2v) is 3.77. The van der Waals surface area contributed by atoms with E-state index in [2.05, 4.69) is 6.58 Å². The average molecular weight is 236 g/mol. The van der Waals surface area contributed by atoms with E-state index in [9.17, 15) is 0 Å². The smallest absolute Gasteiger partial charge is 0.0722 e. The van der Waals surface area contributed by atoms with E-state index >= 15 is 0 Å². The Bertz CT molecular complexity index is 372. The maximum atomic E-state index is 5.26. The lowest BCUT2D eigenvalue weighted by Gasteiger charge is -2.16. The fourth-order valence-electron chi connectivity index (χ4n) is 1.88. The maximum Gasteiger partial charge on any atom is 0.0722 e. The van der Waals surface area contributed by atoms with Crippen molar-refractivity contribution < 1.29 is 14.2 Å². The zero-order valence-corrected chi connectivity index (χ0v) is 10.8. The molecule has 0 spiro atoms. The molecule has 1 aromatic rings.